The first-order valence-electron chi connectivity index (χ1n) is 7.72. The Labute approximate surface area is 136 Å². The number of benzene rings is 1. The van der Waals surface area contributed by atoms with E-state index in [1.165, 1.54) is 0 Å². The van der Waals surface area contributed by atoms with Crippen LogP contribution in [0.3, 0.4) is 0 Å². The fourth-order valence-corrected chi connectivity index (χ4v) is 3.00. The molecular weight excluding hydrogens is 296 g/mol. The van der Waals surface area contributed by atoms with Crippen LogP contribution in [-0.2, 0) is 16.0 Å². The van der Waals surface area contributed by atoms with E-state index in [1.807, 2.05) is 32.0 Å². The van der Waals surface area contributed by atoms with Crippen molar-refractivity contribution >= 4 is 11.9 Å². The molecule has 0 aliphatic carbocycles. The van der Waals surface area contributed by atoms with Crippen molar-refractivity contribution in [2.75, 3.05) is 26.7 Å². The van der Waals surface area contributed by atoms with Crippen LogP contribution in [0.2, 0.25) is 0 Å². The van der Waals surface area contributed by atoms with E-state index in [-0.39, 0.29) is 25.0 Å². The lowest BCUT2D eigenvalue weighted by Gasteiger charge is -2.24. The van der Waals surface area contributed by atoms with Crippen molar-refractivity contribution in [1.82, 2.24) is 9.80 Å². The number of aryl methyl sites for hydroxylation is 2. The third kappa shape index (κ3) is 4.30. The lowest BCUT2D eigenvalue weighted by molar-refractivity contribution is -0.138. The van der Waals surface area contributed by atoms with Crippen LogP contribution in [0, 0.1) is 13.8 Å². The number of aliphatic hydroxyl groups excluding tert-OH is 1. The van der Waals surface area contributed by atoms with Gasteiger partial charge in [0.15, 0.2) is 0 Å². The zero-order valence-corrected chi connectivity index (χ0v) is 13.8. The van der Waals surface area contributed by atoms with Gasteiger partial charge in [-0.1, -0.05) is 23.8 Å². The van der Waals surface area contributed by atoms with Crippen molar-refractivity contribution in [2.45, 2.75) is 32.4 Å². The minimum absolute atomic E-state index is 0.0380. The second kappa shape index (κ2) is 7.10. The van der Waals surface area contributed by atoms with Gasteiger partial charge in [-0.3, -0.25) is 14.5 Å². The van der Waals surface area contributed by atoms with Crippen LogP contribution < -0.4 is 0 Å². The summed E-state index contributed by atoms with van der Waals surface area (Å²) < 4.78 is 0. The number of β-amino-alcohol motifs (C(OH)–C–C–N with tert-alkyl or cyclic N) is 1. The normalized spacial score (nSPS) is 21.0. The van der Waals surface area contributed by atoms with Crippen molar-refractivity contribution in [3.05, 3.63) is 34.9 Å². The third-order valence-corrected chi connectivity index (χ3v) is 4.41. The van der Waals surface area contributed by atoms with Gasteiger partial charge in [0.05, 0.1) is 25.1 Å². The fourth-order valence-electron chi connectivity index (χ4n) is 3.00. The number of likely N-dealkylation sites (N-methyl/N-ethyl adjacent to an activating group) is 1. The number of rotatable bonds is 5. The molecule has 23 heavy (non-hydrogen) atoms. The summed E-state index contributed by atoms with van der Waals surface area (Å²) in [6.07, 6.45) is -0.419. The van der Waals surface area contributed by atoms with Crippen molar-refractivity contribution in [1.29, 1.82) is 0 Å². The number of carboxylic acids is 1. The SMILES string of the molecule is Cc1ccc(C)c(CC(=O)N2C[C@@H](O)[C@@H](N(C)CC(=O)O)C2)c1. The number of nitrogens with zero attached hydrogens (tertiary/aromatic N) is 2. The third-order valence-electron chi connectivity index (χ3n) is 4.41. The Bertz CT molecular complexity index is 602. The molecule has 0 aromatic heterocycles. The molecule has 1 heterocycles. The van der Waals surface area contributed by atoms with Gasteiger partial charge in [0.25, 0.3) is 0 Å². The summed E-state index contributed by atoms with van der Waals surface area (Å²) in [5, 5.41) is 19.0. The molecule has 0 unspecified atom stereocenters. The maximum Gasteiger partial charge on any atom is 0.317 e. The maximum atomic E-state index is 12.5. The highest BCUT2D eigenvalue weighted by Gasteiger charge is 2.36. The molecule has 1 amide bonds. The topological polar surface area (TPSA) is 81.1 Å². The smallest absolute Gasteiger partial charge is 0.317 e. The van der Waals surface area contributed by atoms with Crippen molar-refractivity contribution in [3.63, 3.8) is 0 Å². The second-order valence-corrected chi connectivity index (χ2v) is 6.35. The molecule has 0 spiro atoms. The van der Waals surface area contributed by atoms with Gasteiger partial charge < -0.3 is 15.1 Å². The first kappa shape index (κ1) is 17.4. The van der Waals surface area contributed by atoms with E-state index in [9.17, 15) is 14.7 Å². The molecule has 1 aromatic rings. The predicted molar refractivity (Wildman–Crippen MR) is 86.3 cm³/mol. The largest absolute Gasteiger partial charge is 0.480 e. The van der Waals surface area contributed by atoms with E-state index < -0.39 is 12.1 Å². The number of carbonyl (C=O) groups is 2. The average molecular weight is 320 g/mol. The Morgan fingerprint density at radius 1 is 1.30 bits per heavy atom. The number of carboxylic acid groups (broad SMARTS) is 1. The van der Waals surface area contributed by atoms with Crippen LogP contribution in [0.1, 0.15) is 16.7 Å². The van der Waals surface area contributed by atoms with E-state index in [0.717, 1.165) is 16.7 Å². The summed E-state index contributed by atoms with van der Waals surface area (Å²) in [6.45, 7) is 4.42. The summed E-state index contributed by atoms with van der Waals surface area (Å²) in [5.74, 6) is -0.983. The van der Waals surface area contributed by atoms with Gasteiger partial charge in [-0.05, 0) is 32.0 Å². The quantitative estimate of drug-likeness (QED) is 0.822. The van der Waals surface area contributed by atoms with Crippen molar-refractivity contribution < 1.29 is 19.8 Å². The number of likely N-dealkylation sites (tertiary alicyclic amines) is 1. The number of aliphatic carboxylic acids is 1. The van der Waals surface area contributed by atoms with Crippen LogP contribution in [0.25, 0.3) is 0 Å². The highest BCUT2D eigenvalue weighted by atomic mass is 16.4. The number of hydrogen-bond donors (Lipinski definition) is 2. The van der Waals surface area contributed by atoms with Crippen LogP contribution in [-0.4, -0.2) is 70.7 Å². The molecule has 1 aromatic carbocycles. The molecule has 2 N–H and O–H groups in total. The molecule has 0 saturated carbocycles. The zero-order chi connectivity index (χ0) is 17.1. The van der Waals surface area contributed by atoms with Crippen molar-refractivity contribution in [2.24, 2.45) is 0 Å². The summed E-state index contributed by atoms with van der Waals surface area (Å²) in [5.41, 5.74) is 3.17. The van der Waals surface area contributed by atoms with E-state index >= 15 is 0 Å². The van der Waals surface area contributed by atoms with Crippen molar-refractivity contribution in [3.8, 4) is 0 Å². The molecule has 6 nitrogen and oxygen atoms in total. The Kier molecular flexibility index (Phi) is 5.38. The molecule has 2 rings (SSSR count). The van der Waals surface area contributed by atoms with Crippen LogP contribution in [0.4, 0.5) is 0 Å². The first-order valence-corrected chi connectivity index (χ1v) is 7.72. The molecule has 126 valence electrons. The lowest BCUT2D eigenvalue weighted by atomic mass is 10.0. The maximum absolute atomic E-state index is 12.5. The molecule has 1 fully saturated rings. The highest BCUT2D eigenvalue weighted by molar-refractivity contribution is 5.79. The predicted octanol–water partition coefficient (Wildman–Crippen LogP) is 0.434. The van der Waals surface area contributed by atoms with Gasteiger partial charge in [0.1, 0.15) is 0 Å². The van der Waals surface area contributed by atoms with E-state index in [2.05, 4.69) is 0 Å². The van der Waals surface area contributed by atoms with Crippen LogP contribution in [0.5, 0.6) is 0 Å². The second-order valence-electron chi connectivity index (χ2n) is 6.35. The van der Waals surface area contributed by atoms with Gasteiger partial charge in [-0.2, -0.15) is 0 Å². The monoisotopic (exact) mass is 320 g/mol. The van der Waals surface area contributed by atoms with E-state index in [0.29, 0.717) is 13.0 Å². The summed E-state index contributed by atoms with van der Waals surface area (Å²) in [6, 6.07) is 5.68. The molecule has 6 heteroatoms. The van der Waals surface area contributed by atoms with Crippen LogP contribution in [0.15, 0.2) is 18.2 Å². The van der Waals surface area contributed by atoms with Gasteiger partial charge in [-0.15, -0.1) is 0 Å². The summed E-state index contributed by atoms with van der Waals surface area (Å²) >= 11 is 0. The minimum atomic E-state index is -0.945. The molecule has 0 radical (unpaired) electrons. The summed E-state index contributed by atoms with van der Waals surface area (Å²) in [4.78, 5) is 26.5. The molecule has 0 bridgehead atoms. The van der Waals surface area contributed by atoms with Crippen LogP contribution >= 0.6 is 0 Å². The zero-order valence-electron chi connectivity index (χ0n) is 13.8. The van der Waals surface area contributed by atoms with E-state index in [4.69, 9.17) is 5.11 Å². The fraction of sp³-hybridized carbons (Fsp3) is 0.529. The summed E-state index contributed by atoms with van der Waals surface area (Å²) in [7, 11) is 1.65. The lowest BCUT2D eigenvalue weighted by Crippen LogP contribution is -2.43. The standard InChI is InChI=1S/C17H24N2O4/c1-11-4-5-12(2)13(6-11)7-16(21)19-8-14(15(20)9-19)18(3)10-17(22)23/h4-6,14-15,20H,7-10H2,1-3H3,(H,22,23)/t14-,15+/m0/s1. The number of carbonyl (C=O) groups excluding carboxylic acids is 1. The Hall–Kier alpha value is -1.92. The van der Waals surface area contributed by atoms with Gasteiger partial charge in [0, 0.05) is 13.1 Å². The first-order chi connectivity index (χ1) is 10.8. The molecular formula is C17H24N2O4. The van der Waals surface area contributed by atoms with Gasteiger partial charge in [0.2, 0.25) is 5.91 Å². The average Bonchev–Trinajstić information content (AvgIpc) is 2.84. The Morgan fingerprint density at radius 3 is 2.65 bits per heavy atom. The number of hydrogen-bond acceptors (Lipinski definition) is 4. The van der Waals surface area contributed by atoms with Gasteiger partial charge in [-0.25, -0.2) is 0 Å². The molecule has 1 aliphatic heterocycles. The molecule has 1 saturated heterocycles. The van der Waals surface area contributed by atoms with Gasteiger partial charge >= 0.3 is 5.97 Å². The Balaban J connectivity index is 2.01. The Morgan fingerprint density at radius 2 is 2.00 bits per heavy atom. The highest BCUT2D eigenvalue weighted by Crippen LogP contribution is 2.18. The number of aliphatic hydroxyl groups is 1. The number of amides is 1. The minimum Gasteiger partial charge on any atom is -0.480 e. The molecule has 2 atom stereocenters. The van der Waals surface area contributed by atoms with E-state index in [1.54, 1.807) is 16.8 Å². The molecule has 1 aliphatic rings.